The van der Waals surface area contributed by atoms with Crippen molar-refractivity contribution < 1.29 is 42.1 Å². The van der Waals surface area contributed by atoms with Crippen molar-refractivity contribution in [3.8, 4) is 17.2 Å². The molecule has 1 aliphatic rings. The molecule has 1 aromatic heterocycles. The molecule has 4 rings (SSSR count). The highest BCUT2D eigenvalue weighted by Gasteiger charge is 2.39. The van der Waals surface area contributed by atoms with Gasteiger partial charge in [0.05, 0.1) is 5.69 Å². The number of rotatable bonds is 14. The maximum atomic E-state index is 13.8. The van der Waals surface area contributed by atoms with Crippen molar-refractivity contribution in [2.75, 3.05) is 13.1 Å². The molecule has 2 heterocycles. The number of aromatic nitrogens is 1. The monoisotopic (exact) mass is 655 g/mol. The molecule has 47 heavy (non-hydrogen) atoms. The zero-order valence-electron chi connectivity index (χ0n) is 26.7. The van der Waals surface area contributed by atoms with Crippen LogP contribution in [0.15, 0.2) is 54.7 Å². The maximum absolute atomic E-state index is 13.8. The summed E-state index contributed by atoms with van der Waals surface area (Å²) in [5, 5.41) is 18.8. The van der Waals surface area contributed by atoms with Crippen molar-refractivity contribution in [3.63, 3.8) is 0 Å². The van der Waals surface area contributed by atoms with E-state index in [0.717, 1.165) is 18.9 Å². The highest BCUT2D eigenvalue weighted by Crippen LogP contribution is 2.41. The summed E-state index contributed by atoms with van der Waals surface area (Å²) in [6, 6.07) is 13.0. The summed E-state index contributed by atoms with van der Waals surface area (Å²) in [5.74, 6) is -1.43. The predicted octanol–water partition coefficient (Wildman–Crippen LogP) is 6.88. The molecular weight excluding hydrogens is 615 g/mol. The number of carbonyl (C=O) groups is 2. The maximum Gasteiger partial charge on any atom is 0.433 e. The van der Waals surface area contributed by atoms with Gasteiger partial charge < -0.3 is 24.2 Å². The number of aromatic hydroxyl groups is 1. The smallest absolute Gasteiger partial charge is 0.433 e. The number of amides is 1. The Morgan fingerprint density at radius 3 is 2.32 bits per heavy atom. The molecule has 9 nitrogen and oxygen atoms in total. The molecule has 1 saturated heterocycles. The third-order valence-electron chi connectivity index (χ3n) is 7.80. The van der Waals surface area contributed by atoms with Gasteiger partial charge in [0.15, 0.2) is 6.10 Å². The third-order valence-corrected chi connectivity index (χ3v) is 7.80. The van der Waals surface area contributed by atoms with Crippen molar-refractivity contribution in [2.24, 2.45) is 0 Å². The van der Waals surface area contributed by atoms with Gasteiger partial charge in [-0.25, -0.2) is 4.79 Å². The predicted molar refractivity (Wildman–Crippen MR) is 169 cm³/mol. The Morgan fingerprint density at radius 1 is 1.04 bits per heavy atom. The van der Waals surface area contributed by atoms with E-state index >= 15 is 0 Å². The molecule has 0 saturated carbocycles. The number of aryl methyl sites for hydroxylation is 1. The van der Waals surface area contributed by atoms with Gasteiger partial charge in [-0.1, -0.05) is 44.9 Å². The van der Waals surface area contributed by atoms with Crippen molar-refractivity contribution in [1.82, 2.24) is 9.88 Å². The van der Waals surface area contributed by atoms with Gasteiger partial charge in [-0.15, -0.1) is 0 Å². The van der Waals surface area contributed by atoms with Gasteiger partial charge in [0.1, 0.15) is 29.6 Å². The fourth-order valence-electron chi connectivity index (χ4n) is 5.43. The first-order chi connectivity index (χ1) is 22.4. The van der Waals surface area contributed by atoms with E-state index < -0.39 is 41.4 Å². The van der Waals surface area contributed by atoms with Crippen LogP contribution in [0.2, 0.25) is 0 Å². The SMILES string of the molecule is CCCc1cc(C(=N)C(F)(F)F)c(O)c(CCC)c1OC(C(=O)O[C@H](C)C(=O)N1CCCC1)c1ccc(OCc2ccccn2)cc1. The number of ether oxygens (including phenoxy) is 3. The van der Waals surface area contributed by atoms with Gasteiger partial charge in [0.25, 0.3) is 5.91 Å². The number of nitrogens with zero attached hydrogens (tertiary/aromatic N) is 2. The fraction of sp³-hybridized carbons (Fsp3) is 0.429. The highest BCUT2D eigenvalue weighted by molar-refractivity contribution is 6.05. The van der Waals surface area contributed by atoms with Crippen LogP contribution in [-0.4, -0.2) is 57.9 Å². The van der Waals surface area contributed by atoms with Crippen molar-refractivity contribution >= 4 is 17.6 Å². The van der Waals surface area contributed by atoms with Gasteiger partial charge in [-0.2, -0.15) is 13.2 Å². The minimum atomic E-state index is -4.99. The standard InChI is InChI=1S/C35H40F3N3O6/c1-4-10-24-20-28(32(39)35(36,37)38)29(42)27(11-5-2)30(24)47-31(34(44)46-22(3)33(43)41-18-8-9-19-41)23-13-15-26(16-14-23)45-21-25-12-6-7-17-40-25/h6-7,12-17,20,22,31,39,42H,4-5,8-11,18-19,21H2,1-3H3/t22-,31?/m1/s1. The Bertz CT molecular complexity index is 1540. The molecule has 0 radical (unpaired) electrons. The second-order valence-electron chi connectivity index (χ2n) is 11.4. The number of benzene rings is 2. The number of likely N-dealkylation sites (tertiary alicyclic amines) is 1. The van der Waals surface area contributed by atoms with E-state index in [0.29, 0.717) is 48.5 Å². The number of halogens is 3. The van der Waals surface area contributed by atoms with Crippen LogP contribution in [0.25, 0.3) is 0 Å². The van der Waals surface area contributed by atoms with Gasteiger partial charge in [-0.3, -0.25) is 15.2 Å². The zero-order chi connectivity index (χ0) is 34.1. The quantitative estimate of drug-likeness (QED) is 0.144. The van der Waals surface area contributed by atoms with E-state index in [-0.39, 0.29) is 36.7 Å². The lowest BCUT2D eigenvalue weighted by molar-refractivity contribution is -0.164. The number of pyridine rings is 1. The second-order valence-corrected chi connectivity index (χ2v) is 11.4. The number of esters is 1. The van der Waals surface area contributed by atoms with E-state index in [1.54, 1.807) is 48.4 Å². The summed E-state index contributed by atoms with van der Waals surface area (Å²) in [5.41, 5.74) is -0.939. The first kappa shape index (κ1) is 35.2. The summed E-state index contributed by atoms with van der Waals surface area (Å²) >= 11 is 0. The van der Waals surface area contributed by atoms with Gasteiger partial charge in [0, 0.05) is 36.0 Å². The second kappa shape index (κ2) is 15.8. The molecular formula is C35H40F3N3O6. The minimum absolute atomic E-state index is 0.0425. The van der Waals surface area contributed by atoms with Crippen molar-refractivity contribution in [1.29, 1.82) is 5.41 Å². The van der Waals surface area contributed by atoms with Crippen LogP contribution in [0.5, 0.6) is 17.2 Å². The normalized spacial score (nSPS) is 14.4. The Labute approximate surface area is 272 Å². The lowest BCUT2D eigenvalue weighted by Gasteiger charge is -2.26. The van der Waals surface area contributed by atoms with Gasteiger partial charge in [0.2, 0.25) is 6.10 Å². The summed E-state index contributed by atoms with van der Waals surface area (Å²) in [6.07, 6.45) is -2.89. The topological polar surface area (TPSA) is 122 Å². The van der Waals surface area contributed by atoms with Gasteiger partial charge in [-0.05, 0) is 68.5 Å². The molecule has 0 spiro atoms. The third kappa shape index (κ3) is 8.81. The molecule has 12 heteroatoms. The fourth-order valence-corrected chi connectivity index (χ4v) is 5.43. The molecule has 2 aromatic carbocycles. The van der Waals surface area contributed by atoms with E-state index in [2.05, 4.69) is 4.98 Å². The molecule has 1 unspecified atom stereocenters. The van der Waals surface area contributed by atoms with Gasteiger partial charge >= 0.3 is 12.1 Å². The molecule has 1 aliphatic heterocycles. The van der Waals surface area contributed by atoms with Crippen LogP contribution in [0, 0.1) is 5.41 Å². The Kier molecular flexibility index (Phi) is 11.8. The summed E-state index contributed by atoms with van der Waals surface area (Å²) in [6.45, 7) is 6.44. The van der Waals surface area contributed by atoms with Crippen LogP contribution in [0.1, 0.15) is 80.5 Å². The Balaban J connectivity index is 1.72. The largest absolute Gasteiger partial charge is 0.507 e. The van der Waals surface area contributed by atoms with Crippen molar-refractivity contribution in [3.05, 3.63) is 82.7 Å². The number of phenols is 1. The number of hydrogen-bond donors (Lipinski definition) is 2. The molecule has 2 atom stereocenters. The Hall–Kier alpha value is -4.61. The van der Waals surface area contributed by atoms with Crippen LogP contribution < -0.4 is 9.47 Å². The summed E-state index contributed by atoms with van der Waals surface area (Å²) < 4.78 is 58.6. The zero-order valence-corrected chi connectivity index (χ0v) is 26.7. The first-order valence-corrected chi connectivity index (χ1v) is 15.8. The average molecular weight is 656 g/mol. The number of hydrogen-bond acceptors (Lipinski definition) is 8. The van der Waals surface area contributed by atoms with Crippen LogP contribution in [0.4, 0.5) is 13.2 Å². The van der Waals surface area contributed by atoms with Crippen molar-refractivity contribution in [2.45, 2.75) is 84.3 Å². The molecule has 0 bridgehead atoms. The number of phenolic OH excluding ortho intramolecular Hbond substituents is 1. The van der Waals surface area contributed by atoms with Crippen LogP contribution in [-0.2, 0) is 33.8 Å². The van der Waals surface area contributed by atoms with E-state index in [1.807, 2.05) is 19.1 Å². The molecule has 252 valence electrons. The molecule has 0 aliphatic carbocycles. The molecule has 2 N–H and O–H groups in total. The van der Waals surface area contributed by atoms with E-state index in [9.17, 15) is 27.9 Å². The minimum Gasteiger partial charge on any atom is -0.507 e. The number of alkyl halides is 3. The number of nitrogens with one attached hydrogen (secondary N) is 1. The van der Waals surface area contributed by atoms with E-state index in [1.165, 1.54) is 6.92 Å². The first-order valence-electron chi connectivity index (χ1n) is 15.8. The lowest BCUT2D eigenvalue weighted by atomic mass is 9.94. The molecule has 3 aromatic rings. The van der Waals surface area contributed by atoms with Crippen LogP contribution in [0.3, 0.4) is 0 Å². The molecule has 1 fully saturated rings. The Morgan fingerprint density at radius 2 is 1.72 bits per heavy atom. The van der Waals surface area contributed by atoms with E-state index in [4.69, 9.17) is 19.6 Å². The summed E-state index contributed by atoms with van der Waals surface area (Å²) in [7, 11) is 0. The number of carbonyl (C=O) groups excluding carboxylic acids is 2. The van der Waals surface area contributed by atoms with Crippen LogP contribution >= 0.6 is 0 Å². The average Bonchev–Trinajstić information content (AvgIpc) is 3.60. The summed E-state index contributed by atoms with van der Waals surface area (Å²) in [4.78, 5) is 32.6. The molecule has 1 amide bonds. The highest BCUT2D eigenvalue weighted by atomic mass is 19.4. The lowest BCUT2D eigenvalue weighted by Crippen LogP contribution is -2.39.